The molecule has 0 atom stereocenters. The Balaban J connectivity index is 3.48. The van der Waals surface area contributed by atoms with Gasteiger partial charge in [-0.3, -0.25) is 0 Å². The van der Waals surface area contributed by atoms with E-state index in [0.29, 0.717) is 0 Å². The fourth-order valence-corrected chi connectivity index (χ4v) is 3.74. The van der Waals surface area contributed by atoms with E-state index in [0.717, 1.165) is 18.2 Å². The predicted molar refractivity (Wildman–Crippen MR) is 73.1 cm³/mol. The van der Waals surface area contributed by atoms with E-state index in [4.69, 9.17) is 13.3 Å². The Morgan fingerprint density at radius 1 is 0.750 bits per heavy atom. The van der Waals surface area contributed by atoms with Crippen LogP contribution in [0.3, 0.4) is 0 Å². The van der Waals surface area contributed by atoms with E-state index >= 15 is 0 Å². The van der Waals surface area contributed by atoms with Crippen molar-refractivity contribution in [2.24, 2.45) is 0 Å². The molecular weight excluding hydrogens is 240 g/mol. The minimum absolute atomic E-state index is 0.920. The Labute approximate surface area is 107 Å². The van der Waals surface area contributed by atoms with Crippen molar-refractivity contribution in [2.75, 3.05) is 27.1 Å². The largest absolute Gasteiger partial charge is 0.500 e. The van der Waals surface area contributed by atoms with Gasteiger partial charge in [0, 0.05) is 27.4 Å². The fourth-order valence-electron chi connectivity index (χ4n) is 1.72. The lowest BCUT2D eigenvalue weighted by atomic mass is 10.1. The summed E-state index contributed by atoms with van der Waals surface area (Å²) in [6, 6.07) is 0.920. The Kier molecular flexibility index (Phi) is 10.9. The summed E-state index contributed by atoms with van der Waals surface area (Å²) in [6.45, 7) is 0. The molecule has 0 N–H and O–H groups in total. The molecule has 0 bridgehead atoms. The Morgan fingerprint density at radius 3 is 1.62 bits per heavy atom. The van der Waals surface area contributed by atoms with E-state index in [-0.39, 0.29) is 0 Å². The zero-order chi connectivity index (χ0) is 12.3. The van der Waals surface area contributed by atoms with Crippen molar-refractivity contribution in [3.05, 3.63) is 0 Å². The molecule has 0 unspecified atom stereocenters. The molecule has 0 saturated heterocycles. The van der Waals surface area contributed by atoms with E-state index in [1.807, 2.05) is 0 Å². The van der Waals surface area contributed by atoms with Gasteiger partial charge in [0.25, 0.3) is 0 Å². The average molecular weight is 266 g/mol. The maximum Gasteiger partial charge on any atom is 0.500 e. The first-order chi connectivity index (χ1) is 7.74. The van der Waals surface area contributed by atoms with Crippen LogP contribution in [0, 0.1) is 0 Å². The summed E-state index contributed by atoms with van der Waals surface area (Å²) in [7, 11) is 2.71. The molecule has 0 aliphatic carbocycles. The summed E-state index contributed by atoms with van der Waals surface area (Å²) in [4.78, 5) is 0. The minimum atomic E-state index is -2.30. The van der Waals surface area contributed by atoms with Gasteiger partial charge in [0.1, 0.15) is 0 Å². The quantitative estimate of drug-likeness (QED) is 0.354. The highest BCUT2D eigenvalue weighted by Crippen LogP contribution is 2.18. The third kappa shape index (κ3) is 6.91. The molecule has 0 saturated carbocycles. The highest BCUT2D eigenvalue weighted by atomic mass is 32.1. The molecule has 0 aromatic carbocycles. The lowest BCUT2D eigenvalue weighted by molar-refractivity contribution is 0.122. The van der Waals surface area contributed by atoms with Crippen molar-refractivity contribution >= 4 is 21.4 Å². The summed E-state index contributed by atoms with van der Waals surface area (Å²) in [5.41, 5.74) is 0. The van der Waals surface area contributed by atoms with Crippen LogP contribution in [-0.4, -0.2) is 35.9 Å². The highest BCUT2D eigenvalue weighted by Gasteiger charge is 2.36. The van der Waals surface area contributed by atoms with Crippen LogP contribution in [0.2, 0.25) is 6.04 Å². The molecule has 3 nitrogen and oxygen atoms in total. The summed E-state index contributed by atoms with van der Waals surface area (Å²) in [6.07, 6.45) is 7.48. The molecule has 0 aromatic heterocycles. The monoisotopic (exact) mass is 266 g/mol. The van der Waals surface area contributed by atoms with E-state index in [1.54, 1.807) is 21.3 Å². The Morgan fingerprint density at radius 2 is 1.19 bits per heavy atom. The Hall–Kier alpha value is 0.447. The first-order valence-electron chi connectivity index (χ1n) is 6.01. The average Bonchev–Trinajstić information content (AvgIpc) is 2.34. The van der Waals surface area contributed by atoms with Crippen LogP contribution in [0.4, 0.5) is 0 Å². The lowest BCUT2D eigenvalue weighted by Crippen LogP contribution is -2.42. The van der Waals surface area contributed by atoms with Gasteiger partial charge in [-0.1, -0.05) is 25.7 Å². The van der Waals surface area contributed by atoms with E-state index in [9.17, 15) is 0 Å². The summed E-state index contributed by atoms with van der Waals surface area (Å²) >= 11 is 4.20. The van der Waals surface area contributed by atoms with Crippen molar-refractivity contribution in [1.29, 1.82) is 0 Å². The first-order valence-corrected chi connectivity index (χ1v) is 8.57. The maximum absolute atomic E-state index is 5.37. The third-order valence-electron chi connectivity index (χ3n) is 2.82. The minimum Gasteiger partial charge on any atom is -0.377 e. The second-order valence-electron chi connectivity index (χ2n) is 3.89. The molecule has 0 aliphatic heterocycles. The molecule has 0 aromatic rings. The molecule has 16 heavy (non-hydrogen) atoms. The van der Waals surface area contributed by atoms with E-state index in [2.05, 4.69) is 12.6 Å². The van der Waals surface area contributed by atoms with Crippen LogP contribution in [-0.2, 0) is 13.3 Å². The molecular formula is C11H26O3SSi. The smallest absolute Gasteiger partial charge is 0.377 e. The first kappa shape index (κ1) is 16.4. The molecule has 98 valence electrons. The third-order valence-corrected chi connectivity index (χ3v) is 5.97. The van der Waals surface area contributed by atoms with Crippen molar-refractivity contribution in [2.45, 2.75) is 44.6 Å². The molecule has 5 heteroatoms. The highest BCUT2D eigenvalue weighted by molar-refractivity contribution is 7.80. The van der Waals surface area contributed by atoms with E-state index < -0.39 is 8.80 Å². The van der Waals surface area contributed by atoms with Gasteiger partial charge in [-0.15, -0.1) is 0 Å². The van der Waals surface area contributed by atoms with Gasteiger partial charge in [-0.05, 0) is 18.6 Å². The van der Waals surface area contributed by atoms with Gasteiger partial charge in [0.15, 0.2) is 0 Å². The standard InChI is InChI=1S/C11H26O3SSi/c1-12-16(13-2,14-3)11-9-7-5-4-6-8-10-15/h15H,4-11H2,1-3H3. The maximum atomic E-state index is 5.37. The van der Waals surface area contributed by atoms with Crippen LogP contribution < -0.4 is 0 Å². The lowest BCUT2D eigenvalue weighted by Gasteiger charge is -2.24. The molecule has 0 radical (unpaired) electrons. The van der Waals surface area contributed by atoms with Crippen molar-refractivity contribution in [1.82, 2.24) is 0 Å². The van der Waals surface area contributed by atoms with Crippen molar-refractivity contribution in [3.8, 4) is 0 Å². The molecule has 0 aliphatic rings. The van der Waals surface area contributed by atoms with E-state index in [1.165, 1.54) is 32.1 Å². The number of hydrogen-bond donors (Lipinski definition) is 1. The summed E-state index contributed by atoms with van der Waals surface area (Å²) < 4.78 is 16.1. The number of unbranched alkanes of at least 4 members (excludes halogenated alkanes) is 5. The number of hydrogen-bond acceptors (Lipinski definition) is 4. The molecule has 0 amide bonds. The molecule has 0 fully saturated rings. The van der Waals surface area contributed by atoms with Gasteiger partial charge >= 0.3 is 8.80 Å². The molecule has 0 heterocycles. The van der Waals surface area contributed by atoms with Crippen LogP contribution in [0.5, 0.6) is 0 Å². The predicted octanol–water partition coefficient (Wildman–Crippen LogP) is 3.13. The molecule has 0 rings (SSSR count). The van der Waals surface area contributed by atoms with Gasteiger partial charge in [-0.25, -0.2) is 0 Å². The zero-order valence-corrected chi connectivity index (χ0v) is 12.7. The van der Waals surface area contributed by atoms with Gasteiger partial charge in [0.05, 0.1) is 0 Å². The van der Waals surface area contributed by atoms with Crippen LogP contribution >= 0.6 is 12.6 Å². The second kappa shape index (κ2) is 10.6. The normalized spacial score (nSPS) is 12.0. The van der Waals surface area contributed by atoms with Crippen LogP contribution in [0.25, 0.3) is 0 Å². The number of thiol groups is 1. The van der Waals surface area contributed by atoms with Crippen molar-refractivity contribution in [3.63, 3.8) is 0 Å². The Bertz CT molecular complexity index is 146. The molecule has 0 spiro atoms. The van der Waals surface area contributed by atoms with Crippen molar-refractivity contribution < 1.29 is 13.3 Å². The fraction of sp³-hybridized carbons (Fsp3) is 1.00. The summed E-state index contributed by atoms with van der Waals surface area (Å²) in [5, 5.41) is 0. The topological polar surface area (TPSA) is 27.7 Å². The zero-order valence-electron chi connectivity index (χ0n) is 10.8. The van der Waals surface area contributed by atoms with Crippen LogP contribution in [0.15, 0.2) is 0 Å². The van der Waals surface area contributed by atoms with Crippen LogP contribution in [0.1, 0.15) is 38.5 Å². The SMILES string of the molecule is CO[Si](CCCCCCCCS)(OC)OC. The number of rotatable bonds is 11. The van der Waals surface area contributed by atoms with Gasteiger partial charge < -0.3 is 13.3 Å². The van der Waals surface area contributed by atoms with Gasteiger partial charge in [0.2, 0.25) is 0 Å². The summed E-state index contributed by atoms with van der Waals surface area (Å²) in [5.74, 6) is 1.01. The second-order valence-corrected chi connectivity index (χ2v) is 7.43. The van der Waals surface area contributed by atoms with Gasteiger partial charge in [-0.2, -0.15) is 12.6 Å².